The summed E-state index contributed by atoms with van der Waals surface area (Å²) in [5, 5.41) is 3.60. The fraction of sp³-hybridized carbons (Fsp3) is 0.636. The molecule has 0 saturated carbocycles. The Morgan fingerprint density at radius 1 is 1.14 bits per heavy atom. The van der Waals surface area contributed by atoms with Gasteiger partial charge >= 0.3 is 6.03 Å². The summed E-state index contributed by atoms with van der Waals surface area (Å²) in [4.78, 5) is 34.1. The number of fused-ring (bicyclic) bond motifs is 3. The predicted molar refractivity (Wildman–Crippen MR) is 113 cm³/mol. The van der Waals surface area contributed by atoms with Crippen LogP contribution in [-0.4, -0.2) is 71.8 Å². The van der Waals surface area contributed by atoms with Gasteiger partial charge in [-0.25, -0.2) is 4.79 Å². The smallest absolute Gasteiger partial charge is 0.327 e. The second kappa shape index (κ2) is 7.95. The van der Waals surface area contributed by atoms with Crippen molar-refractivity contribution < 1.29 is 9.59 Å². The van der Waals surface area contributed by atoms with E-state index in [9.17, 15) is 9.59 Å². The third kappa shape index (κ3) is 3.40. The van der Waals surface area contributed by atoms with Crippen LogP contribution in [0, 0.1) is 12.8 Å². The normalized spacial score (nSPS) is 30.0. The topological polar surface area (TPSA) is 59.1 Å². The van der Waals surface area contributed by atoms with Crippen molar-refractivity contribution in [3.8, 4) is 0 Å². The first-order chi connectivity index (χ1) is 13.9. The number of unbranched alkanes of at least 4 members (excludes halogenated alkanes) is 2. The number of urea groups is 1. The molecule has 1 aromatic carbocycles. The molecule has 3 aliphatic heterocycles. The number of nitrogens with zero attached hydrogens (tertiary/aromatic N) is 4. The first-order valence-electron chi connectivity index (χ1n) is 10.9. The van der Waals surface area contributed by atoms with Gasteiger partial charge in [0.1, 0.15) is 18.5 Å². The van der Waals surface area contributed by atoms with Crippen LogP contribution in [-0.2, 0) is 4.79 Å². The molecule has 3 saturated heterocycles. The molecule has 7 nitrogen and oxygen atoms in total. The van der Waals surface area contributed by atoms with Gasteiger partial charge in [0, 0.05) is 32.4 Å². The minimum absolute atomic E-state index is 0.0527. The van der Waals surface area contributed by atoms with Crippen molar-refractivity contribution in [1.82, 2.24) is 20.0 Å². The Balaban J connectivity index is 1.64. The van der Waals surface area contributed by atoms with Crippen LogP contribution < -0.4 is 10.2 Å². The Bertz CT molecular complexity index is 784. The van der Waals surface area contributed by atoms with Gasteiger partial charge in [-0.2, -0.15) is 0 Å². The standard InChI is InChI=1S/C22H33N5O2/c1-5-6-9-12-25-20(28)18-19(24(4)22(25)29)23-21-26(13-15(2)14-27(18)21)17-11-8-7-10-16(17)3/h7-8,10-11,15,18-19,21,23H,5-6,9,12-14H2,1-4H3. The molecule has 3 fully saturated rings. The number of imide groups is 1. The number of carbonyl (C=O) groups is 2. The van der Waals surface area contributed by atoms with E-state index < -0.39 is 0 Å². The fourth-order valence-corrected chi connectivity index (χ4v) is 5.01. The highest BCUT2D eigenvalue weighted by Crippen LogP contribution is 2.35. The molecule has 4 rings (SSSR count). The number of nitrogens with one attached hydrogen (secondary N) is 1. The SMILES string of the molecule is CCCCCN1C(=O)C2C(NC3N(c4ccccc4C)CC(C)CN23)N(C)C1=O. The van der Waals surface area contributed by atoms with Crippen LogP contribution in [0.1, 0.15) is 38.7 Å². The number of hydrogen-bond donors (Lipinski definition) is 1. The van der Waals surface area contributed by atoms with Gasteiger partial charge in [0.15, 0.2) is 0 Å². The molecule has 4 unspecified atom stereocenters. The van der Waals surface area contributed by atoms with Crippen molar-refractivity contribution in [3.63, 3.8) is 0 Å². The minimum Gasteiger partial charge on any atom is -0.343 e. The van der Waals surface area contributed by atoms with Crippen LogP contribution in [0.25, 0.3) is 0 Å². The Morgan fingerprint density at radius 3 is 2.62 bits per heavy atom. The van der Waals surface area contributed by atoms with Gasteiger partial charge < -0.3 is 9.80 Å². The zero-order valence-electron chi connectivity index (χ0n) is 18.0. The summed E-state index contributed by atoms with van der Waals surface area (Å²) >= 11 is 0. The fourth-order valence-electron chi connectivity index (χ4n) is 5.01. The van der Waals surface area contributed by atoms with Gasteiger partial charge in [0.2, 0.25) is 0 Å². The lowest BCUT2D eigenvalue weighted by molar-refractivity contribution is -0.138. The lowest BCUT2D eigenvalue weighted by Gasteiger charge is -2.46. The molecule has 0 bridgehead atoms. The molecular formula is C22H33N5O2. The van der Waals surface area contributed by atoms with E-state index in [2.05, 4.69) is 60.2 Å². The highest BCUT2D eigenvalue weighted by atomic mass is 16.2. The van der Waals surface area contributed by atoms with Gasteiger partial charge in [-0.1, -0.05) is 44.9 Å². The summed E-state index contributed by atoms with van der Waals surface area (Å²) in [5.74, 6) is 0.374. The van der Waals surface area contributed by atoms with E-state index in [1.807, 2.05) is 7.05 Å². The number of hydrogen-bond acceptors (Lipinski definition) is 5. The van der Waals surface area contributed by atoms with E-state index in [0.29, 0.717) is 12.5 Å². The van der Waals surface area contributed by atoms with Crippen LogP contribution >= 0.6 is 0 Å². The van der Waals surface area contributed by atoms with Crippen molar-refractivity contribution in [1.29, 1.82) is 0 Å². The van der Waals surface area contributed by atoms with Crippen molar-refractivity contribution in [3.05, 3.63) is 29.8 Å². The van der Waals surface area contributed by atoms with Crippen LogP contribution in [0.5, 0.6) is 0 Å². The molecule has 0 radical (unpaired) electrons. The van der Waals surface area contributed by atoms with E-state index >= 15 is 0 Å². The summed E-state index contributed by atoms with van der Waals surface area (Å²) in [5.41, 5.74) is 2.40. The number of para-hydroxylation sites is 1. The minimum atomic E-state index is -0.335. The van der Waals surface area contributed by atoms with E-state index in [4.69, 9.17) is 0 Å². The third-order valence-electron chi connectivity index (χ3n) is 6.50. The summed E-state index contributed by atoms with van der Waals surface area (Å²) in [6.45, 7) is 8.76. The van der Waals surface area contributed by atoms with Crippen molar-refractivity contribution in [2.24, 2.45) is 5.92 Å². The van der Waals surface area contributed by atoms with E-state index in [1.54, 1.807) is 4.90 Å². The maximum atomic E-state index is 13.4. The molecule has 7 heteroatoms. The average molecular weight is 400 g/mol. The molecule has 3 aliphatic rings. The molecule has 0 spiro atoms. The lowest BCUT2D eigenvalue weighted by Crippen LogP contribution is -2.66. The van der Waals surface area contributed by atoms with Gasteiger partial charge in [-0.05, 0) is 30.9 Å². The second-order valence-corrected chi connectivity index (χ2v) is 8.76. The number of benzene rings is 1. The Labute approximate surface area is 173 Å². The zero-order valence-corrected chi connectivity index (χ0v) is 18.0. The van der Waals surface area contributed by atoms with Crippen LogP contribution in [0.2, 0.25) is 0 Å². The lowest BCUT2D eigenvalue weighted by atomic mass is 10.0. The number of carbonyl (C=O) groups excluding carboxylic acids is 2. The highest BCUT2D eigenvalue weighted by Gasteiger charge is 2.56. The average Bonchev–Trinajstić information content (AvgIpc) is 3.08. The first kappa shape index (κ1) is 20.2. The number of aryl methyl sites for hydroxylation is 1. The molecule has 158 valence electrons. The summed E-state index contributed by atoms with van der Waals surface area (Å²) in [6, 6.07) is 7.86. The Kier molecular flexibility index (Phi) is 5.53. The molecule has 1 aromatic rings. The largest absolute Gasteiger partial charge is 0.343 e. The summed E-state index contributed by atoms with van der Waals surface area (Å²) in [7, 11) is 1.81. The molecule has 0 aromatic heterocycles. The monoisotopic (exact) mass is 399 g/mol. The van der Waals surface area contributed by atoms with Gasteiger partial charge in [-0.3, -0.25) is 19.9 Å². The zero-order chi connectivity index (χ0) is 20.7. The van der Waals surface area contributed by atoms with Crippen LogP contribution in [0.3, 0.4) is 0 Å². The third-order valence-corrected chi connectivity index (χ3v) is 6.50. The van der Waals surface area contributed by atoms with Crippen molar-refractivity contribution in [2.45, 2.75) is 58.5 Å². The second-order valence-electron chi connectivity index (χ2n) is 8.76. The maximum absolute atomic E-state index is 13.4. The summed E-state index contributed by atoms with van der Waals surface area (Å²) in [6.07, 6.45) is 2.58. The van der Waals surface area contributed by atoms with Gasteiger partial charge in [0.05, 0.1) is 0 Å². The number of anilines is 1. The van der Waals surface area contributed by atoms with E-state index in [0.717, 1.165) is 32.4 Å². The van der Waals surface area contributed by atoms with Gasteiger partial charge in [-0.15, -0.1) is 0 Å². The molecule has 4 atom stereocenters. The Morgan fingerprint density at radius 2 is 1.90 bits per heavy atom. The molecule has 29 heavy (non-hydrogen) atoms. The predicted octanol–water partition coefficient (Wildman–Crippen LogP) is 2.42. The first-order valence-corrected chi connectivity index (χ1v) is 10.9. The molecular weight excluding hydrogens is 366 g/mol. The molecule has 3 amide bonds. The van der Waals surface area contributed by atoms with E-state index in [-0.39, 0.29) is 30.4 Å². The van der Waals surface area contributed by atoms with Crippen LogP contribution in [0.4, 0.5) is 10.5 Å². The number of rotatable bonds is 5. The van der Waals surface area contributed by atoms with Crippen molar-refractivity contribution in [2.75, 3.05) is 31.6 Å². The number of likely N-dealkylation sites (N-methyl/N-ethyl adjacent to an activating group) is 1. The van der Waals surface area contributed by atoms with E-state index in [1.165, 1.54) is 16.2 Å². The molecule has 3 heterocycles. The maximum Gasteiger partial charge on any atom is 0.327 e. The molecule has 0 aliphatic carbocycles. The van der Waals surface area contributed by atoms with Gasteiger partial charge in [0.25, 0.3) is 5.91 Å². The van der Waals surface area contributed by atoms with Crippen molar-refractivity contribution >= 4 is 17.6 Å². The van der Waals surface area contributed by atoms with Crippen LogP contribution in [0.15, 0.2) is 24.3 Å². The highest BCUT2D eigenvalue weighted by molar-refractivity contribution is 6.00. The quantitative estimate of drug-likeness (QED) is 0.771. The molecule has 1 N–H and O–H groups in total. The Hall–Kier alpha value is -2.12. The summed E-state index contributed by atoms with van der Waals surface area (Å²) < 4.78 is 0. The number of amides is 3.